The fraction of sp³-hybridized carbons (Fsp3) is 0. The predicted molar refractivity (Wildman–Crippen MR) is 55.5 cm³/mol. The number of carbonyl (C=O) groups is 1. The Hall–Kier alpha value is -1.13. The monoisotopic (exact) mass is 240 g/mol. The molecule has 0 fully saturated rings. The van der Waals surface area contributed by atoms with Gasteiger partial charge in [-0.15, -0.1) is 0 Å². The summed E-state index contributed by atoms with van der Waals surface area (Å²) >= 11 is 3.32. The molecular formula is C9H9BrN2O. The summed E-state index contributed by atoms with van der Waals surface area (Å²) in [5.41, 5.74) is 2.96. The average Bonchev–Trinajstić information content (AvgIpc) is 2.16. The number of benzene rings is 1. The number of hydrogen-bond acceptors (Lipinski definition) is 2. The van der Waals surface area contributed by atoms with Crippen LogP contribution >= 0.6 is 15.9 Å². The molecule has 0 atom stereocenters. The van der Waals surface area contributed by atoms with Gasteiger partial charge in [0.25, 0.3) is 5.91 Å². The van der Waals surface area contributed by atoms with Crippen molar-refractivity contribution < 1.29 is 4.79 Å². The Labute approximate surface area is 84.7 Å². The van der Waals surface area contributed by atoms with Gasteiger partial charge in [-0.3, -0.25) is 10.2 Å². The second-order valence-corrected chi connectivity index (χ2v) is 3.31. The summed E-state index contributed by atoms with van der Waals surface area (Å²) in [6.07, 6.45) is 3.07. The van der Waals surface area contributed by atoms with Gasteiger partial charge in [-0.05, 0) is 23.8 Å². The third kappa shape index (κ3) is 3.40. The van der Waals surface area contributed by atoms with Gasteiger partial charge >= 0.3 is 0 Å². The van der Waals surface area contributed by atoms with Crippen LogP contribution in [0.15, 0.2) is 34.8 Å². The van der Waals surface area contributed by atoms with Gasteiger partial charge in [0.05, 0.1) is 0 Å². The second-order valence-electron chi connectivity index (χ2n) is 2.39. The van der Waals surface area contributed by atoms with E-state index in [2.05, 4.69) is 15.9 Å². The summed E-state index contributed by atoms with van der Waals surface area (Å²) in [6, 6.07) is 7.59. The van der Waals surface area contributed by atoms with Crippen LogP contribution in [0.2, 0.25) is 0 Å². The van der Waals surface area contributed by atoms with Crippen molar-refractivity contribution in [3.8, 4) is 0 Å². The highest BCUT2D eigenvalue weighted by atomic mass is 79.9. The molecule has 0 heterocycles. The van der Waals surface area contributed by atoms with Crippen LogP contribution in [0.1, 0.15) is 5.56 Å². The Morgan fingerprint density at radius 1 is 1.38 bits per heavy atom. The van der Waals surface area contributed by atoms with Crippen molar-refractivity contribution in [2.24, 2.45) is 5.84 Å². The lowest BCUT2D eigenvalue weighted by Crippen LogP contribution is -2.27. The minimum absolute atomic E-state index is 0.317. The number of rotatable bonds is 2. The van der Waals surface area contributed by atoms with Crippen molar-refractivity contribution in [1.29, 1.82) is 0 Å². The van der Waals surface area contributed by atoms with E-state index in [1.165, 1.54) is 6.08 Å². The molecule has 3 nitrogen and oxygen atoms in total. The number of amides is 1. The minimum atomic E-state index is -0.317. The summed E-state index contributed by atoms with van der Waals surface area (Å²) < 4.78 is 1.01. The van der Waals surface area contributed by atoms with Crippen molar-refractivity contribution in [2.45, 2.75) is 0 Å². The highest BCUT2D eigenvalue weighted by molar-refractivity contribution is 9.10. The van der Waals surface area contributed by atoms with E-state index in [0.29, 0.717) is 0 Å². The predicted octanol–water partition coefficient (Wildman–Crippen LogP) is 1.45. The summed E-state index contributed by atoms with van der Waals surface area (Å²) in [6.45, 7) is 0. The topological polar surface area (TPSA) is 55.1 Å². The molecule has 0 spiro atoms. The van der Waals surface area contributed by atoms with E-state index in [9.17, 15) is 4.79 Å². The molecule has 3 N–H and O–H groups in total. The largest absolute Gasteiger partial charge is 0.291 e. The number of hydrogen-bond donors (Lipinski definition) is 2. The summed E-state index contributed by atoms with van der Waals surface area (Å²) in [5.74, 6) is 4.59. The summed E-state index contributed by atoms with van der Waals surface area (Å²) in [5, 5.41) is 0. The maximum atomic E-state index is 10.7. The second kappa shape index (κ2) is 4.79. The molecule has 1 aromatic rings. The zero-order chi connectivity index (χ0) is 9.68. The molecule has 13 heavy (non-hydrogen) atoms. The number of nitrogens with one attached hydrogen (secondary N) is 1. The fourth-order valence-electron chi connectivity index (χ4n) is 0.794. The molecule has 0 saturated heterocycles. The van der Waals surface area contributed by atoms with Crippen LogP contribution in [-0.4, -0.2) is 5.91 Å². The van der Waals surface area contributed by atoms with Crippen LogP contribution in [0.5, 0.6) is 0 Å². The first kappa shape index (κ1) is 9.95. The van der Waals surface area contributed by atoms with Gasteiger partial charge < -0.3 is 0 Å². The van der Waals surface area contributed by atoms with E-state index in [4.69, 9.17) is 5.84 Å². The SMILES string of the molecule is NNC(=O)/C=C\c1ccc(Br)cc1. The number of halogens is 1. The third-order valence-electron chi connectivity index (χ3n) is 1.44. The highest BCUT2D eigenvalue weighted by Gasteiger charge is 1.90. The molecule has 68 valence electrons. The third-order valence-corrected chi connectivity index (χ3v) is 1.97. The van der Waals surface area contributed by atoms with Crippen molar-refractivity contribution in [3.05, 3.63) is 40.4 Å². The average molecular weight is 241 g/mol. The van der Waals surface area contributed by atoms with Crippen molar-refractivity contribution in [2.75, 3.05) is 0 Å². The van der Waals surface area contributed by atoms with Gasteiger partial charge in [0.15, 0.2) is 0 Å². The molecule has 0 aliphatic heterocycles. The van der Waals surface area contributed by atoms with Crippen LogP contribution in [0.4, 0.5) is 0 Å². The van der Waals surface area contributed by atoms with E-state index in [1.807, 2.05) is 29.7 Å². The maximum absolute atomic E-state index is 10.7. The van der Waals surface area contributed by atoms with Crippen LogP contribution < -0.4 is 11.3 Å². The molecule has 1 amide bonds. The van der Waals surface area contributed by atoms with Gasteiger partial charge in [-0.1, -0.05) is 28.1 Å². The summed E-state index contributed by atoms with van der Waals surface area (Å²) in [4.78, 5) is 10.7. The molecular weight excluding hydrogens is 232 g/mol. The Balaban J connectivity index is 2.69. The Morgan fingerprint density at radius 3 is 2.54 bits per heavy atom. The van der Waals surface area contributed by atoms with E-state index in [0.717, 1.165) is 10.0 Å². The lowest BCUT2D eigenvalue weighted by Gasteiger charge is -1.93. The quantitative estimate of drug-likeness (QED) is 0.356. The zero-order valence-electron chi connectivity index (χ0n) is 6.83. The smallest absolute Gasteiger partial charge is 0.257 e. The molecule has 0 bridgehead atoms. The normalized spacial score (nSPS) is 10.3. The first-order valence-corrected chi connectivity index (χ1v) is 4.46. The fourth-order valence-corrected chi connectivity index (χ4v) is 1.06. The van der Waals surface area contributed by atoms with Crippen LogP contribution in [0.25, 0.3) is 6.08 Å². The Kier molecular flexibility index (Phi) is 3.67. The lowest BCUT2D eigenvalue weighted by molar-refractivity contribution is -0.116. The molecule has 0 unspecified atom stereocenters. The number of nitrogens with two attached hydrogens (primary N) is 1. The highest BCUT2D eigenvalue weighted by Crippen LogP contribution is 2.11. The lowest BCUT2D eigenvalue weighted by atomic mass is 10.2. The Bertz CT molecular complexity index is 319. The molecule has 4 heteroatoms. The summed E-state index contributed by atoms with van der Waals surface area (Å²) in [7, 11) is 0. The van der Waals surface area contributed by atoms with Gasteiger partial charge in [-0.2, -0.15) is 0 Å². The molecule has 1 rings (SSSR count). The maximum Gasteiger partial charge on any atom is 0.257 e. The molecule has 0 aromatic heterocycles. The van der Waals surface area contributed by atoms with Gasteiger partial charge in [0, 0.05) is 10.5 Å². The van der Waals surface area contributed by atoms with Crippen LogP contribution in [0.3, 0.4) is 0 Å². The first-order chi connectivity index (χ1) is 6.22. The van der Waals surface area contributed by atoms with Crippen molar-refractivity contribution >= 4 is 27.9 Å². The first-order valence-electron chi connectivity index (χ1n) is 3.66. The van der Waals surface area contributed by atoms with Gasteiger partial charge in [0.1, 0.15) is 0 Å². The van der Waals surface area contributed by atoms with E-state index >= 15 is 0 Å². The molecule has 0 aliphatic carbocycles. The van der Waals surface area contributed by atoms with Crippen molar-refractivity contribution in [1.82, 2.24) is 5.43 Å². The number of carbonyl (C=O) groups excluding carboxylic acids is 1. The van der Waals surface area contributed by atoms with Gasteiger partial charge in [0.2, 0.25) is 0 Å². The van der Waals surface area contributed by atoms with E-state index < -0.39 is 0 Å². The standard InChI is InChI=1S/C9H9BrN2O/c10-8-4-1-7(2-5-8)3-6-9(13)12-11/h1-6H,11H2,(H,12,13)/b6-3-. The number of hydrazine groups is 1. The van der Waals surface area contributed by atoms with E-state index in [1.54, 1.807) is 6.08 Å². The van der Waals surface area contributed by atoms with Crippen molar-refractivity contribution in [3.63, 3.8) is 0 Å². The van der Waals surface area contributed by atoms with E-state index in [-0.39, 0.29) is 5.91 Å². The Morgan fingerprint density at radius 2 is 2.00 bits per heavy atom. The molecule has 1 aromatic carbocycles. The zero-order valence-corrected chi connectivity index (χ0v) is 8.41. The van der Waals surface area contributed by atoms with Crippen LogP contribution in [0, 0.1) is 0 Å². The molecule has 0 radical (unpaired) electrons. The molecule has 0 aliphatic rings. The van der Waals surface area contributed by atoms with Gasteiger partial charge in [-0.25, -0.2) is 5.84 Å². The minimum Gasteiger partial charge on any atom is -0.291 e. The van der Waals surface area contributed by atoms with Crippen LogP contribution in [-0.2, 0) is 4.79 Å². The molecule has 0 saturated carbocycles.